The van der Waals surface area contributed by atoms with Gasteiger partial charge in [0.05, 0.1) is 5.38 Å². The Labute approximate surface area is 137 Å². The molecule has 0 aromatic heterocycles. The Kier molecular flexibility index (Phi) is 4.92. The van der Waals surface area contributed by atoms with E-state index in [1.54, 1.807) is 42.5 Å². The first-order valence-electron chi connectivity index (χ1n) is 5.45. The molecule has 0 N–H and O–H groups in total. The number of halogens is 5. The molecule has 0 bridgehead atoms. The van der Waals surface area contributed by atoms with Crippen LogP contribution in [-0.2, 0) is 4.33 Å². The number of rotatable bonds is 3. The third kappa shape index (κ3) is 3.32. The predicted molar refractivity (Wildman–Crippen MR) is 84.9 cm³/mol. The average molecular weight is 354 g/mol. The Morgan fingerprint density at radius 3 is 2.00 bits per heavy atom. The van der Waals surface area contributed by atoms with Crippen molar-refractivity contribution < 1.29 is 0 Å². The van der Waals surface area contributed by atoms with Crippen LogP contribution >= 0.6 is 58.0 Å². The number of hydrogen-bond donors (Lipinski definition) is 0. The summed E-state index contributed by atoms with van der Waals surface area (Å²) in [5, 5.41) is 0.459. The molecule has 2 aromatic carbocycles. The second-order valence-corrected chi connectivity index (χ2v) is 6.68. The predicted octanol–water partition coefficient (Wildman–Crippen LogP) is 6.60. The molecule has 100 valence electrons. The van der Waals surface area contributed by atoms with Gasteiger partial charge < -0.3 is 0 Å². The van der Waals surface area contributed by atoms with Crippen molar-refractivity contribution in [3.63, 3.8) is 0 Å². The summed E-state index contributed by atoms with van der Waals surface area (Å²) in [6.07, 6.45) is 0. The standard InChI is InChI=1S/C14H9Cl5/c15-10-7-5-9(6-8-10)13(17)14(18,19)11-3-1-2-4-12(11)16/h1-8,13H. The Balaban J connectivity index is 2.39. The highest BCUT2D eigenvalue weighted by Crippen LogP contribution is 2.50. The molecule has 1 unspecified atom stereocenters. The van der Waals surface area contributed by atoms with E-state index in [1.165, 1.54) is 0 Å². The van der Waals surface area contributed by atoms with Crippen molar-refractivity contribution in [1.29, 1.82) is 0 Å². The van der Waals surface area contributed by atoms with Crippen molar-refractivity contribution in [3.05, 3.63) is 69.7 Å². The molecule has 0 heterocycles. The minimum absolute atomic E-state index is 0.479. The summed E-state index contributed by atoms with van der Waals surface area (Å²) in [5.74, 6) is 0. The van der Waals surface area contributed by atoms with Crippen molar-refractivity contribution in [2.45, 2.75) is 9.71 Å². The monoisotopic (exact) mass is 352 g/mol. The van der Waals surface area contributed by atoms with Crippen LogP contribution in [0.25, 0.3) is 0 Å². The fourth-order valence-electron chi connectivity index (χ4n) is 1.71. The minimum Gasteiger partial charge on any atom is -0.114 e. The van der Waals surface area contributed by atoms with E-state index in [0.29, 0.717) is 15.6 Å². The molecular formula is C14H9Cl5. The molecule has 0 aliphatic carbocycles. The van der Waals surface area contributed by atoms with E-state index in [-0.39, 0.29) is 0 Å². The molecule has 5 heteroatoms. The van der Waals surface area contributed by atoms with Crippen molar-refractivity contribution in [2.75, 3.05) is 0 Å². The quantitative estimate of drug-likeness (QED) is 0.544. The highest BCUT2D eigenvalue weighted by atomic mass is 35.5. The smallest absolute Gasteiger partial charge is 0.114 e. The largest absolute Gasteiger partial charge is 0.164 e. The summed E-state index contributed by atoms with van der Waals surface area (Å²) in [6.45, 7) is 0. The topological polar surface area (TPSA) is 0 Å². The SMILES string of the molecule is Clc1ccc(C(Cl)C(Cl)(Cl)c2ccccc2Cl)cc1. The Bertz CT molecular complexity index is 562. The minimum atomic E-state index is -1.33. The van der Waals surface area contributed by atoms with Crippen LogP contribution in [0.4, 0.5) is 0 Å². The number of benzene rings is 2. The van der Waals surface area contributed by atoms with Gasteiger partial charge in [-0.3, -0.25) is 0 Å². The third-order valence-corrected chi connectivity index (χ3v) is 4.94. The molecule has 0 radical (unpaired) electrons. The van der Waals surface area contributed by atoms with Gasteiger partial charge in [0.1, 0.15) is 0 Å². The van der Waals surface area contributed by atoms with E-state index in [9.17, 15) is 0 Å². The fourth-order valence-corrected chi connectivity index (χ4v) is 3.06. The maximum atomic E-state index is 6.41. The van der Waals surface area contributed by atoms with Crippen LogP contribution in [-0.4, -0.2) is 0 Å². The molecular weight excluding hydrogens is 345 g/mol. The van der Waals surface area contributed by atoms with E-state index in [4.69, 9.17) is 58.0 Å². The highest BCUT2D eigenvalue weighted by molar-refractivity contribution is 6.52. The molecule has 0 spiro atoms. The second kappa shape index (κ2) is 6.11. The zero-order chi connectivity index (χ0) is 14.0. The van der Waals surface area contributed by atoms with Crippen LogP contribution in [0.2, 0.25) is 10.0 Å². The van der Waals surface area contributed by atoms with Gasteiger partial charge in [-0.15, -0.1) is 11.6 Å². The summed E-state index contributed by atoms with van der Waals surface area (Å²) in [6, 6.07) is 14.2. The highest BCUT2D eigenvalue weighted by Gasteiger charge is 2.38. The van der Waals surface area contributed by atoms with E-state index in [1.807, 2.05) is 6.07 Å². The molecule has 0 aliphatic rings. The van der Waals surface area contributed by atoms with Gasteiger partial charge in [-0.1, -0.05) is 76.7 Å². The van der Waals surface area contributed by atoms with Gasteiger partial charge >= 0.3 is 0 Å². The van der Waals surface area contributed by atoms with Gasteiger partial charge in [0, 0.05) is 15.6 Å². The van der Waals surface area contributed by atoms with E-state index in [2.05, 4.69) is 0 Å². The second-order valence-electron chi connectivity index (χ2n) is 4.02. The van der Waals surface area contributed by atoms with Crippen LogP contribution in [0.5, 0.6) is 0 Å². The zero-order valence-corrected chi connectivity index (χ0v) is 13.4. The van der Waals surface area contributed by atoms with Crippen molar-refractivity contribution in [3.8, 4) is 0 Å². The Hall–Kier alpha value is -0.110. The zero-order valence-electron chi connectivity index (χ0n) is 9.59. The van der Waals surface area contributed by atoms with Gasteiger partial charge in [0.15, 0.2) is 4.33 Å². The van der Waals surface area contributed by atoms with Crippen LogP contribution in [0.1, 0.15) is 16.5 Å². The summed E-state index contributed by atoms with van der Waals surface area (Å²) >= 11 is 31.2. The van der Waals surface area contributed by atoms with Crippen molar-refractivity contribution in [2.24, 2.45) is 0 Å². The molecule has 2 rings (SSSR count). The third-order valence-electron chi connectivity index (χ3n) is 2.71. The first kappa shape index (κ1) is 15.3. The maximum Gasteiger partial charge on any atom is 0.164 e. The number of alkyl halides is 3. The van der Waals surface area contributed by atoms with Crippen LogP contribution < -0.4 is 0 Å². The average Bonchev–Trinajstić information content (AvgIpc) is 2.39. The molecule has 19 heavy (non-hydrogen) atoms. The molecule has 0 fully saturated rings. The van der Waals surface area contributed by atoms with Gasteiger partial charge in [-0.25, -0.2) is 0 Å². The Morgan fingerprint density at radius 2 is 1.42 bits per heavy atom. The van der Waals surface area contributed by atoms with Crippen molar-refractivity contribution in [1.82, 2.24) is 0 Å². The van der Waals surface area contributed by atoms with Crippen molar-refractivity contribution >= 4 is 58.0 Å². The van der Waals surface area contributed by atoms with Gasteiger partial charge in [0.25, 0.3) is 0 Å². The van der Waals surface area contributed by atoms with E-state index < -0.39 is 9.71 Å². The molecule has 1 atom stereocenters. The van der Waals surface area contributed by atoms with Gasteiger partial charge in [-0.2, -0.15) is 0 Å². The first-order valence-corrected chi connectivity index (χ1v) is 7.40. The molecule has 0 saturated carbocycles. The van der Waals surface area contributed by atoms with Gasteiger partial charge in [0.2, 0.25) is 0 Å². The number of hydrogen-bond acceptors (Lipinski definition) is 0. The Morgan fingerprint density at radius 1 is 0.842 bits per heavy atom. The maximum absolute atomic E-state index is 6.41. The molecule has 0 aliphatic heterocycles. The van der Waals surface area contributed by atoms with Crippen LogP contribution in [0.3, 0.4) is 0 Å². The summed E-state index contributed by atoms with van der Waals surface area (Å²) < 4.78 is -1.33. The lowest BCUT2D eigenvalue weighted by atomic mass is 10.0. The lowest BCUT2D eigenvalue weighted by molar-refractivity contribution is 0.803. The molecule has 0 saturated heterocycles. The summed E-state index contributed by atoms with van der Waals surface area (Å²) in [7, 11) is 0. The van der Waals surface area contributed by atoms with E-state index in [0.717, 1.165) is 5.56 Å². The normalized spacial score (nSPS) is 13.3. The van der Waals surface area contributed by atoms with Crippen LogP contribution in [0, 0.1) is 0 Å². The first-order chi connectivity index (χ1) is 8.93. The summed E-state index contributed by atoms with van der Waals surface area (Å²) in [5.41, 5.74) is 1.35. The molecule has 0 amide bonds. The fraction of sp³-hybridized carbons (Fsp3) is 0.143. The molecule has 0 nitrogen and oxygen atoms in total. The lowest BCUT2D eigenvalue weighted by Crippen LogP contribution is -2.18. The molecule has 2 aromatic rings. The summed E-state index contributed by atoms with van der Waals surface area (Å²) in [4.78, 5) is 0. The lowest BCUT2D eigenvalue weighted by Gasteiger charge is -2.27. The van der Waals surface area contributed by atoms with Crippen LogP contribution in [0.15, 0.2) is 48.5 Å². The van der Waals surface area contributed by atoms with Gasteiger partial charge in [-0.05, 0) is 23.8 Å². The van der Waals surface area contributed by atoms with E-state index >= 15 is 0 Å².